The summed E-state index contributed by atoms with van der Waals surface area (Å²) in [4.78, 5) is -2.32. The lowest BCUT2D eigenvalue weighted by molar-refractivity contribution is -0.189. The number of alkyl halides is 2. The van der Waals surface area contributed by atoms with E-state index in [1.165, 1.54) is 12.1 Å². The molecular formula is C20H13F9OS. The molecule has 0 unspecified atom stereocenters. The number of halogens is 9. The molecular weight excluding hydrogens is 459 g/mol. The summed E-state index contributed by atoms with van der Waals surface area (Å²) in [6, 6.07) is 7.75. The molecule has 31 heavy (non-hydrogen) atoms. The lowest BCUT2D eigenvalue weighted by Crippen LogP contribution is -2.25. The molecule has 0 fully saturated rings. The Labute approximate surface area is 170 Å². The fourth-order valence-electron chi connectivity index (χ4n) is 2.73. The molecule has 0 atom stereocenters. The molecule has 168 valence electrons. The maximum Gasteiger partial charge on any atom is 0.432 e. The molecule has 0 radical (unpaired) electrons. The first-order valence-corrected chi connectivity index (χ1v) is 10.4. The second-order valence-electron chi connectivity index (χ2n) is 6.74. The van der Waals surface area contributed by atoms with Gasteiger partial charge in [0.05, 0.1) is 0 Å². The Bertz CT molecular complexity index is 1100. The zero-order valence-corrected chi connectivity index (χ0v) is 16.3. The van der Waals surface area contributed by atoms with E-state index in [0.29, 0.717) is 17.7 Å². The topological polar surface area (TPSA) is 9.23 Å². The molecule has 1 nitrogen and oxygen atoms in total. The molecule has 0 aliphatic heterocycles. The minimum Gasteiger partial charge on any atom is -0.429 e. The number of hydrogen-bond acceptors (Lipinski definition) is 1. The van der Waals surface area contributed by atoms with Gasteiger partial charge in [-0.2, -0.15) is 8.78 Å². The van der Waals surface area contributed by atoms with Crippen molar-refractivity contribution in [2.24, 2.45) is 0 Å². The molecule has 3 rings (SSSR count). The van der Waals surface area contributed by atoms with Crippen LogP contribution in [-0.2, 0) is 6.11 Å². The van der Waals surface area contributed by atoms with Crippen LogP contribution in [-0.4, -0.2) is 0 Å². The van der Waals surface area contributed by atoms with E-state index >= 15 is 0 Å². The van der Waals surface area contributed by atoms with Gasteiger partial charge in [0.2, 0.25) is 0 Å². The summed E-state index contributed by atoms with van der Waals surface area (Å²) in [6.45, 7) is 1.77. The van der Waals surface area contributed by atoms with E-state index < -0.39 is 44.2 Å². The van der Waals surface area contributed by atoms with Crippen LogP contribution >= 0.6 is 10.2 Å². The minimum atomic E-state index is -10.0. The summed E-state index contributed by atoms with van der Waals surface area (Å²) in [6.07, 6.45) is -4.64. The maximum atomic E-state index is 14.4. The Kier molecular flexibility index (Phi) is 4.86. The van der Waals surface area contributed by atoms with Crippen molar-refractivity contribution < 1.29 is 41.7 Å². The summed E-state index contributed by atoms with van der Waals surface area (Å²) in [5, 5.41) is 0. The van der Waals surface area contributed by atoms with Crippen LogP contribution in [0.25, 0.3) is 11.1 Å². The third-order valence-electron chi connectivity index (χ3n) is 4.23. The van der Waals surface area contributed by atoms with Gasteiger partial charge < -0.3 is 4.74 Å². The highest BCUT2D eigenvalue weighted by molar-refractivity contribution is 8.45. The molecule has 0 spiro atoms. The van der Waals surface area contributed by atoms with Gasteiger partial charge in [0.1, 0.15) is 27.8 Å². The zero-order valence-electron chi connectivity index (χ0n) is 15.5. The van der Waals surface area contributed by atoms with Gasteiger partial charge in [0.25, 0.3) is 0 Å². The molecule has 0 saturated heterocycles. The second-order valence-corrected chi connectivity index (χ2v) is 9.15. The monoisotopic (exact) mass is 472 g/mol. The van der Waals surface area contributed by atoms with E-state index in [9.17, 15) is 37.0 Å². The van der Waals surface area contributed by atoms with Gasteiger partial charge in [-0.3, -0.25) is 0 Å². The maximum absolute atomic E-state index is 14.4. The molecule has 0 aromatic heterocycles. The summed E-state index contributed by atoms with van der Waals surface area (Å²) < 4.78 is 125. The van der Waals surface area contributed by atoms with Gasteiger partial charge in [0.15, 0.2) is 0 Å². The Morgan fingerprint density at radius 1 is 0.710 bits per heavy atom. The van der Waals surface area contributed by atoms with Crippen LogP contribution in [0, 0.1) is 18.6 Å². The smallest absolute Gasteiger partial charge is 0.429 e. The molecule has 11 heteroatoms. The third kappa shape index (κ3) is 5.09. The largest absolute Gasteiger partial charge is 0.432 e. The van der Waals surface area contributed by atoms with Gasteiger partial charge in [-0.15, -0.1) is 0 Å². The van der Waals surface area contributed by atoms with Crippen molar-refractivity contribution in [3.05, 3.63) is 83.4 Å². The van der Waals surface area contributed by atoms with Gasteiger partial charge in [-0.05, 0) is 54.4 Å². The van der Waals surface area contributed by atoms with Crippen molar-refractivity contribution in [1.29, 1.82) is 0 Å². The summed E-state index contributed by atoms with van der Waals surface area (Å²) in [7, 11) is -10.0. The van der Waals surface area contributed by atoms with Crippen LogP contribution in [0.1, 0.15) is 11.1 Å². The fourth-order valence-corrected chi connectivity index (χ4v) is 3.38. The van der Waals surface area contributed by atoms with E-state index in [1.807, 2.05) is 0 Å². The van der Waals surface area contributed by atoms with Gasteiger partial charge in [-0.1, -0.05) is 49.3 Å². The average Bonchev–Trinajstić information content (AvgIpc) is 2.59. The first-order chi connectivity index (χ1) is 14.0. The minimum absolute atomic E-state index is 0.0326. The summed E-state index contributed by atoms with van der Waals surface area (Å²) in [5.74, 6) is -4.33. The van der Waals surface area contributed by atoms with Crippen LogP contribution in [0.4, 0.5) is 37.0 Å². The molecule has 0 N–H and O–H groups in total. The highest BCUT2D eigenvalue weighted by Gasteiger charge is 2.65. The van der Waals surface area contributed by atoms with Crippen LogP contribution in [0.3, 0.4) is 0 Å². The van der Waals surface area contributed by atoms with E-state index in [4.69, 9.17) is 0 Å². The van der Waals surface area contributed by atoms with E-state index in [2.05, 4.69) is 4.74 Å². The predicted octanol–water partition coefficient (Wildman–Crippen LogP) is 8.73. The van der Waals surface area contributed by atoms with E-state index in [0.717, 1.165) is 5.56 Å². The molecule has 0 bridgehead atoms. The molecule has 3 aromatic carbocycles. The molecule has 0 aliphatic carbocycles. The number of benzene rings is 3. The SMILES string of the molecule is Cc1ccc(-c2cc(F)c(C(F)(F)Oc3ccc(S(F)(F)(F)(F)F)cc3)c(F)c2)cc1. The van der Waals surface area contributed by atoms with Crippen molar-refractivity contribution in [1.82, 2.24) is 0 Å². The standard InChI is InChI=1S/C20H13F9OS/c1-12-2-4-13(5-3-12)14-10-17(21)19(18(22)11-14)20(23,24)30-15-6-8-16(9-7-15)31(25,26,27,28)29/h2-11H,1H3. The van der Waals surface area contributed by atoms with Crippen LogP contribution in [0.5, 0.6) is 5.75 Å². The molecule has 0 aliphatic rings. The van der Waals surface area contributed by atoms with Crippen molar-refractivity contribution in [3.63, 3.8) is 0 Å². The normalized spacial score (nSPS) is 14.6. The Balaban J connectivity index is 1.92. The van der Waals surface area contributed by atoms with Crippen molar-refractivity contribution in [3.8, 4) is 16.9 Å². The average molecular weight is 472 g/mol. The van der Waals surface area contributed by atoms with Gasteiger partial charge in [0, 0.05) is 0 Å². The third-order valence-corrected chi connectivity index (χ3v) is 5.40. The van der Waals surface area contributed by atoms with Crippen LogP contribution in [0.2, 0.25) is 0 Å². The Hall–Kier alpha value is -2.82. The molecule has 3 aromatic rings. The highest BCUT2D eigenvalue weighted by atomic mass is 32.5. The summed E-state index contributed by atoms with van der Waals surface area (Å²) >= 11 is 0. The number of aryl methyl sites for hydroxylation is 1. The van der Waals surface area contributed by atoms with Gasteiger partial charge in [-0.25, -0.2) is 8.78 Å². The number of ether oxygens (including phenoxy) is 1. The van der Waals surface area contributed by atoms with E-state index in [-0.39, 0.29) is 29.8 Å². The second kappa shape index (κ2) is 6.59. The predicted molar refractivity (Wildman–Crippen MR) is 98.9 cm³/mol. The van der Waals surface area contributed by atoms with Crippen molar-refractivity contribution in [2.75, 3.05) is 0 Å². The van der Waals surface area contributed by atoms with E-state index in [1.54, 1.807) is 19.1 Å². The first-order valence-electron chi connectivity index (χ1n) is 8.44. The Morgan fingerprint density at radius 3 is 1.65 bits per heavy atom. The molecule has 0 heterocycles. The fraction of sp³-hybridized carbons (Fsp3) is 0.100. The lowest BCUT2D eigenvalue weighted by atomic mass is 10.0. The zero-order chi connectivity index (χ0) is 23.3. The molecule has 0 amide bonds. The van der Waals surface area contributed by atoms with Crippen LogP contribution in [0.15, 0.2) is 65.6 Å². The van der Waals surface area contributed by atoms with Crippen molar-refractivity contribution in [2.45, 2.75) is 17.9 Å². The van der Waals surface area contributed by atoms with Gasteiger partial charge >= 0.3 is 16.3 Å². The lowest BCUT2D eigenvalue weighted by Gasteiger charge is -2.40. The summed E-state index contributed by atoms with van der Waals surface area (Å²) in [5.41, 5.74) is -0.599. The van der Waals surface area contributed by atoms with Crippen molar-refractivity contribution >= 4 is 10.2 Å². The first kappa shape index (κ1) is 22.9. The quantitative estimate of drug-likeness (QED) is 0.338. The Morgan fingerprint density at radius 2 is 1.19 bits per heavy atom. The highest BCUT2D eigenvalue weighted by Crippen LogP contribution is 3.02. The van der Waals surface area contributed by atoms with Crippen LogP contribution < -0.4 is 4.74 Å². The number of rotatable bonds is 5. The molecule has 0 saturated carbocycles. The number of hydrogen-bond donors (Lipinski definition) is 0.